The second-order valence-corrected chi connectivity index (χ2v) is 5.55. The van der Waals surface area contributed by atoms with Crippen LogP contribution in [0.2, 0.25) is 0 Å². The lowest BCUT2D eigenvalue weighted by Crippen LogP contribution is -2.51. The Morgan fingerprint density at radius 3 is 2.65 bits per heavy atom. The molecule has 110 valence electrons. The van der Waals surface area contributed by atoms with Crippen molar-refractivity contribution in [3.8, 4) is 0 Å². The van der Waals surface area contributed by atoms with E-state index in [0.29, 0.717) is 13.1 Å². The molecule has 1 aliphatic heterocycles. The van der Waals surface area contributed by atoms with Crippen LogP contribution in [0, 0.1) is 0 Å². The minimum absolute atomic E-state index is 0.0398. The van der Waals surface area contributed by atoms with Gasteiger partial charge < -0.3 is 16.0 Å². The maximum Gasteiger partial charge on any atom is 0.242 e. The van der Waals surface area contributed by atoms with Crippen LogP contribution in [0.25, 0.3) is 0 Å². The molecule has 1 aromatic rings. The third-order valence-electron chi connectivity index (χ3n) is 3.33. The smallest absolute Gasteiger partial charge is 0.242 e. The molecule has 6 nitrogen and oxygen atoms in total. The van der Waals surface area contributed by atoms with Crippen LogP contribution >= 0.6 is 11.3 Å². The highest BCUT2D eigenvalue weighted by atomic mass is 32.1. The first-order chi connectivity index (χ1) is 9.69. The van der Waals surface area contributed by atoms with E-state index in [1.807, 2.05) is 0 Å². The Morgan fingerprint density at radius 1 is 1.30 bits per heavy atom. The highest BCUT2D eigenvalue weighted by Crippen LogP contribution is 2.11. The Bertz CT molecular complexity index is 441. The summed E-state index contributed by atoms with van der Waals surface area (Å²) in [5.74, 6) is -0.337. The first-order valence-electron chi connectivity index (χ1n) is 6.67. The van der Waals surface area contributed by atoms with Crippen LogP contribution in [0.1, 0.15) is 5.56 Å². The van der Waals surface area contributed by atoms with E-state index in [1.165, 1.54) is 5.56 Å². The molecule has 1 fully saturated rings. The first-order valence-corrected chi connectivity index (χ1v) is 7.61. The van der Waals surface area contributed by atoms with E-state index in [-0.39, 0.29) is 24.9 Å². The minimum Gasteiger partial charge on any atom is -0.346 e. The average Bonchev–Trinajstić information content (AvgIpc) is 2.98. The predicted octanol–water partition coefficient (Wildman–Crippen LogP) is -0.533. The van der Waals surface area contributed by atoms with Gasteiger partial charge in [0.25, 0.3) is 0 Å². The first kappa shape index (κ1) is 15.0. The Labute approximate surface area is 122 Å². The largest absolute Gasteiger partial charge is 0.346 e. The lowest BCUT2D eigenvalue weighted by atomic mass is 10.2. The number of carbonyl (C=O) groups excluding carboxylic acids is 2. The van der Waals surface area contributed by atoms with Crippen molar-refractivity contribution in [2.24, 2.45) is 5.73 Å². The highest BCUT2D eigenvalue weighted by Gasteiger charge is 2.21. The quantitative estimate of drug-likeness (QED) is 0.765. The zero-order chi connectivity index (χ0) is 14.4. The molecule has 0 bridgehead atoms. The van der Waals surface area contributed by atoms with Gasteiger partial charge in [-0.05, 0) is 22.4 Å². The van der Waals surface area contributed by atoms with Gasteiger partial charge in [-0.1, -0.05) is 0 Å². The molecule has 0 aliphatic carbocycles. The predicted molar refractivity (Wildman–Crippen MR) is 78.2 cm³/mol. The molecule has 1 aliphatic rings. The van der Waals surface area contributed by atoms with Gasteiger partial charge in [-0.3, -0.25) is 14.5 Å². The summed E-state index contributed by atoms with van der Waals surface area (Å²) in [6.07, 6.45) is 0. The maximum atomic E-state index is 11.9. The van der Waals surface area contributed by atoms with Crippen LogP contribution in [0.15, 0.2) is 16.8 Å². The van der Waals surface area contributed by atoms with E-state index in [0.717, 1.165) is 19.6 Å². The van der Waals surface area contributed by atoms with Gasteiger partial charge in [0.1, 0.15) is 0 Å². The molecule has 0 saturated carbocycles. The molecule has 0 aromatic carbocycles. The molecule has 3 N–H and O–H groups in total. The zero-order valence-corrected chi connectivity index (χ0v) is 12.2. The summed E-state index contributed by atoms with van der Waals surface area (Å²) < 4.78 is 0. The van der Waals surface area contributed by atoms with Crippen molar-refractivity contribution >= 4 is 23.2 Å². The topological polar surface area (TPSA) is 78.7 Å². The van der Waals surface area contributed by atoms with Crippen molar-refractivity contribution < 1.29 is 9.59 Å². The number of thiophene rings is 1. The molecular formula is C13H20N4O2S. The second-order valence-electron chi connectivity index (χ2n) is 4.77. The van der Waals surface area contributed by atoms with Crippen molar-refractivity contribution in [1.29, 1.82) is 0 Å². The molecule has 2 rings (SSSR count). The minimum atomic E-state index is -0.297. The van der Waals surface area contributed by atoms with E-state index in [2.05, 4.69) is 27.0 Å². The van der Waals surface area contributed by atoms with Gasteiger partial charge in [0.15, 0.2) is 0 Å². The summed E-state index contributed by atoms with van der Waals surface area (Å²) in [6.45, 7) is 4.06. The fourth-order valence-corrected chi connectivity index (χ4v) is 2.81. The number of piperazine rings is 1. The van der Waals surface area contributed by atoms with E-state index in [1.54, 1.807) is 16.2 Å². The lowest BCUT2D eigenvalue weighted by Gasteiger charge is -2.34. The lowest BCUT2D eigenvalue weighted by molar-refractivity contribution is -0.134. The molecule has 20 heavy (non-hydrogen) atoms. The van der Waals surface area contributed by atoms with Crippen molar-refractivity contribution in [2.75, 3.05) is 39.3 Å². The number of hydrogen-bond acceptors (Lipinski definition) is 5. The molecule has 2 heterocycles. The maximum absolute atomic E-state index is 11.9. The van der Waals surface area contributed by atoms with Crippen LogP contribution in [0.3, 0.4) is 0 Å². The fraction of sp³-hybridized carbons (Fsp3) is 0.538. The number of amides is 2. The third kappa shape index (κ3) is 4.29. The summed E-state index contributed by atoms with van der Waals surface area (Å²) in [5, 5.41) is 6.74. The van der Waals surface area contributed by atoms with Crippen LogP contribution in [-0.4, -0.2) is 60.9 Å². The summed E-state index contributed by atoms with van der Waals surface area (Å²) >= 11 is 1.70. The highest BCUT2D eigenvalue weighted by molar-refractivity contribution is 7.07. The third-order valence-corrected chi connectivity index (χ3v) is 4.07. The van der Waals surface area contributed by atoms with Gasteiger partial charge in [0.05, 0.1) is 13.1 Å². The molecule has 0 unspecified atom stereocenters. The molecule has 0 spiro atoms. The van der Waals surface area contributed by atoms with E-state index in [9.17, 15) is 9.59 Å². The van der Waals surface area contributed by atoms with Gasteiger partial charge in [-0.25, -0.2) is 0 Å². The van der Waals surface area contributed by atoms with Crippen molar-refractivity contribution in [3.05, 3.63) is 22.4 Å². The molecule has 0 atom stereocenters. The van der Waals surface area contributed by atoms with E-state index >= 15 is 0 Å². The Morgan fingerprint density at radius 2 is 2.05 bits per heavy atom. The zero-order valence-electron chi connectivity index (χ0n) is 11.4. The van der Waals surface area contributed by atoms with Crippen LogP contribution in [0.5, 0.6) is 0 Å². The summed E-state index contributed by atoms with van der Waals surface area (Å²) in [5.41, 5.74) is 6.50. The average molecular weight is 296 g/mol. The van der Waals surface area contributed by atoms with Gasteiger partial charge in [-0.15, -0.1) is 0 Å². The Kier molecular flexibility index (Phi) is 5.51. The van der Waals surface area contributed by atoms with Crippen molar-refractivity contribution in [1.82, 2.24) is 15.1 Å². The molecule has 0 radical (unpaired) electrons. The number of hydrogen-bond donors (Lipinski definition) is 2. The molecular weight excluding hydrogens is 276 g/mol. The number of nitrogens with two attached hydrogens (primary N) is 1. The normalized spacial score (nSPS) is 16.1. The van der Waals surface area contributed by atoms with Gasteiger partial charge in [0.2, 0.25) is 11.8 Å². The molecule has 1 aromatic heterocycles. The van der Waals surface area contributed by atoms with Crippen LogP contribution < -0.4 is 11.1 Å². The SMILES string of the molecule is NCC(=O)NCC(=O)N1CCN(Cc2ccsc2)CC1. The summed E-state index contributed by atoms with van der Waals surface area (Å²) in [6, 6.07) is 2.13. The van der Waals surface area contributed by atoms with Crippen molar-refractivity contribution in [3.63, 3.8) is 0 Å². The summed E-state index contributed by atoms with van der Waals surface area (Å²) in [4.78, 5) is 27.0. The number of nitrogens with one attached hydrogen (secondary N) is 1. The molecule has 2 amide bonds. The second kappa shape index (κ2) is 7.37. The fourth-order valence-electron chi connectivity index (χ4n) is 2.15. The molecule has 1 saturated heterocycles. The van der Waals surface area contributed by atoms with Crippen molar-refractivity contribution in [2.45, 2.75) is 6.54 Å². The van der Waals surface area contributed by atoms with Crippen LogP contribution in [-0.2, 0) is 16.1 Å². The summed E-state index contributed by atoms with van der Waals surface area (Å²) in [7, 11) is 0. The van der Waals surface area contributed by atoms with Crippen LogP contribution in [0.4, 0.5) is 0 Å². The van der Waals surface area contributed by atoms with Gasteiger partial charge in [-0.2, -0.15) is 11.3 Å². The van der Waals surface area contributed by atoms with E-state index < -0.39 is 0 Å². The monoisotopic (exact) mass is 296 g/mol. The number of carbonyl (C=O) groups is 2. The standard InChI is InChI=1S/C13H20N4O2S/c14-7-12(18)15-8-13(19)17-4-2-16(3-5-17)9-11-1-6-20-10-11/h1,6,10H,2-5,7-9,14H2,(H,15,18). The van der Waals surface area contributed by atoms with Gasteiger partial charge >= 0.3 is 0 Å². The number of nitrogens with zero attached hydrogens (tertiary/aromatic N) is 2. The van der Waals surface area contributed by atoms with E-state index in [4.69, 9.17) is 5.73 Å². The Hall–Kier alpha value is -1.44. The Balaban J connectivity index is 1.70. The number of rotatable bonds is 5. The van der Waals surface area contributed by atoms with Gasteiger partial charge in [0, 0.05) is 32.7 Å². The molecule has 7 heteroatoms.